The van der Waals surface area contributed by atoms with Gasteiger partial charge in [0.1, 0.15) is 11.6 Å². The first-order valence-electron chi connectivity index (χ1n) is 11.8. The van der Waals surface area contributed by atoms with E-state index in [4.69, 9.17) is 0 Å². The minimum absolute atomic E-state index is 0.0647. The molecule has 2 aromatic carbocycles. The van der Waals surface area contributed by atoms with Crippen molar-refractivity contribution in [3.05, 3.63) is 70.9 Å². The van der Waals surface area contributed by atoms with E-state index in [1.165, 1.54) is 55.1 Å². The predicted octanol–water partition coefficient (Wildman–Crippen LogP) is 5.25. The molecular formula is C27H32N4O. The van der Waals surface area contributed by atoms with E-state index in [0.717, 1.165) is 37.2 Å². The monoisotopic (exact) mass is 428 g/mol. The number of nitrogens with one attached hydrogen (secondary N) is 2. The van der Waals surface area contributed by atoms with Gasteiger partial charge in [0.05, 0.1) is 6.04 Å². The van der Waals surface area contributed by atoms with Crippen molar-refractivity contribution in [2.45, 2.75) is 57.9 Å². The number of hydrogen-bond acceptors (Lipinski definition) is 4. The lowest BCUT2D eigenvalue weighted by Crippen LogP contribution is -2.29. The van der Waals surface area contributed by atoms with E-state index < -0.39 is 0 Å². The first-order valence-corrected chi connectivity index (χ1v) is 11.8. The van der Waals surface area contributed by atoms with Crippen LogP contribution in [0.3, 0.4) is 0 Å². The van der Waals surface area contributed by atoms with Gasteiger partial charge in [0.15, 0.2) is 0 Å². The Kier molecular flexibility index (Phi) is 7.11. The largest absolute Gasteiger partial charge is 0.372 e. The molecule has 1 heterocycles. The molecule has 0 bridgehead atoms. The lowest BCUT2D eigenvalue weighted by Gasteiger charge is -2.28. The Bertz CT molecular complexity index is 1010. The number of benzene rings is 2. The van der Waals surface area contributed by atoms with E-state index in [9.17, 15) is 10.1 Å². The van der Waals surface area contributed by atoms with Crippen molar-refractivity contribution in [2.75, 3.05) is 23.3 Å². The van der Waals surface area contributed by atoms with Gasteiger partial charge in [-0.3, -0.25) is 4.79 Å². The maximum Gasteiger partial charge on any atom is 0.263 e. The first kappa shape index (κ1) is 22.0. The molecule has 32 heavy (non-hydrogen) atoms. The van der Waals surface area contributed by atoms with Gasteiger partial charge < -0.3 is 15.5 Å². The molecule has 4 rings (SSSR count). The summed E-state index contributed by atoms with van der Waals surface area (Å²) in [4.78, 5) is 15.1. The Labute approximate surface area is 191 Å². The van der Waals surface area contributed by atoms with Crippen LogP contribution in [0.15, 0.2) is 54.2 Å². The summed E-state index contributed by atoms with van der Waals surface area (Å²) < 4.78 is 0. The van der Waals surface area contributed by atoms with Crippen LogP contribution in [0.25, 0.3) is 0 Å². The SMILES string of the molecule is CC(NC(=O)/C(C#N)=C\Nc1ccc(N2CCCCC2)cc1)c1ccc2c(c1)CCCC2. The third kappa shape index (κ3) is 5.31. The second kappa shape index (κ2) is 10.4. The minimum atomic E-state index is -0.366. The molecule has 166 valence electrons. The number of aryl methyl sites for hydroxylation is 2. The third-order valence-corrected chi connectivity index (χ3v) is 6.56. The predicted molar refractivity (Wildman–Crippen MR) is 129 cm³/mol. The summed E-state index contributed by atoms with van der Waals surface area (Å²) in [6.45, 7) is 4.17. The van der Waals surface area contributed by atoms with E-state index in [-0.39, 0.29) is 17.5 Å². The van der Waals surface area contributed by atoms with Crippen LogP contribution in [0.2, 0.25) is 0 Å². The fraction of sp³-hybridized carbons (Fsp3) is 0.407. The number of rotatable bonds is 6. The number of fused-ring (bicyclic) bond motifs is 1. The molecule has 0 saturated carbocycles. The lowest BCUT2D eigenvalue weighted by molar-refractivity contribution is -0.117. The Morgan fingerprint density at radius 1 is 1.00 bits per heavy atom. The molecule has 1 atom stereocenters. The maximum atomic E-state index is 12.7. The number of piperidine rings is 1. The summed E-state index contributed by atoms with van der Waals surface area (Å²) in [7, 11) is 0. The van der Waals surface area contributed by atoms with Crippen molar-refractivity contribution in [1.29, 1.82) is 5.26 Å². The molecule has 5 nitrogen and oxygen atoms in total. The van der Waals surface area contributed by atoms with Gasteiger partial charge in [0.2, 0.25) is 0 Å². The smallest absolute Gasteiger partial charge is 0.263 e. The van der Waals surface area contributed by atoms with Crippen LogP contribution in [0.1, 0.15) is 61.8 Å². The Morgan fingerprint density at radius 3 is 2.44 bits per heavy atom. The molecule has 0 spiro atoms. The van der Waals surface area contributed by atoms with E-state index in [2.05, 4.69) is 45.9 Å². The first-order chi connectivity index (χ1) is 15.6. The number of carbonyl (C=O) groups is 1. The standard InChI is InChI=1S/C27H32N4O/c1-20(22-10-9-21-7-3-4-8-23(21)17-22)30-27(32)24(18-28)19-29-25-11-13-26(14-12-25)31-15-5-2-6-16-31/h9-14,17,19-20,29H,2-8,15-16H2,1H3,(H,30,32)/b24-19-. The van der Waals surface area contributed by atoms with Gasteiger partial charge in [0, 0.05) is 30.7 Å². The van der Waals surface area contributed by atoms with Gasteiger partial charge in [-0.1, -0.05) is 18.2 Å². The molecule has 2 N–H and O–H groups in total. The highest BCUT2D eigenvalue weighted by atomic mass is 16.1. The van der Waals surface area contributed by atoms with Crippen LogP contribution < -0.4 is 15.5 Å². The van der Waals surface area contributed by atoms with Crippen LogP contribution >= 0.6 is 0 Å². The Morgan fingerprint density at radius 2 is 1.72 bits per heavy atom. The van der Waals surface area contributed by atoms with Crippen LogP contribution in [0, 0.1) is 11.3 Å². The normalized spacial score (nSPS) is 17.1. The highest BCUT2D eigenvalue weighted by molar-refractivity contribution is 5.97. The van der Waals surface area contributed by atoms with Gasteiger partial charge in [0.25, 0.3) is 5.91 Å². The molecule has 1 unspecified atom stereocenters. The van der Waals surface area contributed by atoms with Crippen molar-refractivity contribution in [3.63, 3.8) is 0 Å². The van der Waals surface area contributed by atoms with Crippen LogP contribution in [-0.2, 0) is 17.6 Å². The van der Waals surface area contributed by atoms with Crippen molar-refractivity contribution in [3.8, 4) is 6.07 Å². The maximum absolute atomic E-state index is 12.7. The molecule has 0 aromatic heterocycles. The molecule has 2 aromatic rings. The van der Waals surface area contributed by atoms with E-state index in [1.54, 1.807) is 0 Å². The quantitative estimate of drug-likeness (QED) is 0.487. The van der Waals surface area contributed by atoms with E-state index >= 15 is 0 Å². The molecule has 5 heteroatoms. The number of nitrogens with zero attached hydrogens (tertiary/aromatic N) is 2. The van der Waals surface area contributed by atoms with Crippen LogP contribution in [0.5, 0.6) is 0 Å². The summed E-state index contributed by atoms with van der Waals surface area (Å²) in [6, 6.07) is 16.5. The van der Waals surface area contributed by atoms with Gasteiger partial charge in [-0.25, -0.2) is 0 Å². The van der Waals surface area contributed by atoms with E-state index in [1.807, 2.05) is 25.1 Å². The number of hydrogen-bond donors (Lipinski definition) is 2. The highest BCUT2D eigenvalue weighted by Gasteiger charge is 2.16. The average Bonchev–Trinajstić information content (AvgIpc) is 2.85. The minimum Gasteiger partial charge on any atom is -0.372 e. The Balaban J connectivity index is 1.36. The van der Waals surface area contributed by atoms with Gasteiger partial charge >= 0.3 is 0 Å². The average molecular weight is 429 g/mol. The second-order valence-corrected chi connectivity index (χ2v) is 8.84. The number of nitriles is 1. The third-order valence-electron chi connectivity index (χ3n) is 6.56. The lowest BCUT2D eigenvalue weighted by atomic mass is 9.89. The summed E-state index contributed by atoms with van der Waals surface area (Å²) in [5.74, 6) is -0.366. The zero-order valence-corrected chi connectivity index (χ0v) is 18.9. The number of amides is 1. The highest BCUT2D eigenvalue weighted by Crippen LogP contribution is 2.25. The Hall–Kier alpha value is -3.26. The fourth-order valence-corrected chi connectivity index (χ4v) is 4.61. The van der Waals surface area contributed by atoms with Crippen molar-refractivity contribution < 1.29 is 4.79 Å². The van der Waals surface area contributed by atoms with Gasteiger partial charge in [-0.2, -0.15) is 5.26 Å². The van der Waals surface area contributed by atoms with Crippen molar-refractivity contribution in [1.82, 2.24) is 5.32 Å². The molecule has 1 saturated heterocycles. The summed E-state index contributed by atoms with van der Waals surface area (Å²) >= 11 is 0. The van der Waals surface area contributed by atoms with Crippen LogP contribution in [-0.4, -0.2) is 19.0 Å². The molecule has 1 amide bonds. The summed E-state index contributed by atoms with van der Waals surface area (Å²) in [5.41, 5.74) is 6.03. The second-order valence-electron chi connectivity index (χ2n) is 8.84. The van der Waals surface area contributed by atoms with Crippen molar-refractivity contribution in [2.24, 2.45) is 0 Å². The van der Waals surface area contributed by atoms with Crippen molar-refractivity contribution >= 4 is 17.3 Å². The molecule has 0 radical (unpaired) electrons. The molecular weight excluding hydrogens is 396 g/mol. The molecule has 1 aliphatic carbocycles. The zero-order valence-electron chi connectivity index (χ0n) is 18.9. The number of carbonyl (C=O) groups excluding carboxylic acids is 1. The number of anilines is 2. The van der Waals surface area contributed by atoms with Gasteiger partial charge in [-0.05, 0) is 92.8 Å². The zero-order chi connectivity index (χ0) is 22.3. The summed E-state index contributed by atoms with van der Waals surface area (Å²) in [5, 5.41) is 15.6. The molecule has 1 aliphatic heterocycles. The van der Waals surface area contributed by atoms with Gasteiger partial charge in [-0.15, -0.1) is 0 Å². The van der Waals surface area contributed by atoms with Crippen LogP contribution in [0.4, 0.5) is 11.4 Å². The van der Waals surface area contributed by atoms with E-state index in [0.29, 0.717) is 0 Å². The molecule has 1 fully saturated rings. The molecule has 2 aliphatic rings. The fourth-order valence-electron chi connectivity index (χ4n) is 4.61. The topological polar surface area (TPSA) is 68.2 Å². The summed E-state index contributed by atoms with van der Waals surface area (Å²) in [6.07, 6.45) is 10.0.